The molecule has 0 aromatic carbocycles. The summed E-state index contributed by atoms with van der Waals surface area (Å²) in [6.07, 6.45) is 6.14. The Morgan fingerprint density at radius 2 is 2.30 bits per heavy atom. The number of fused-ring (bicyclic) bond motifs is 2. The topological polar surface area (TPSA) is 12.0 Å². The Bertz CT molecular complexity index is 153. The molecule has 0 radical (unpaired) electrons. The quantitative estimate of drug-likeness (QED) is 0.532. The van der Waals surface area contributed by atoms with Crippen molar-refractivity contribution >= 4 is 0 Å². The Kier molecular flexibility index (Phi) is 0.883. The van der Waals surface area contributed by atoms with E-state index in [0.29, 0.717) is 0 Å². The van der Waals surface area contributed by atoms with Gasteiger partial charge in [-0.1, -0.05) is 0 Å². The zero-order chi connectivity index (χ0) is 6.60. The third-order valence-corrected chi connectivity index (χ3v) is 4.00. The Morgan fingerprint density at radius 3 is 2.80 bits per heavy atom. The summed E-state index contributed by atoms with van der Waals surface area (Å²) in [5.41, 5.74) is 0.810. The molecule has 0 aromatic heterocycles. The number of hydrogen-bond donors (Lipinski definition) is 1. The highest BCUT2D eigenvalue weighted by molar-refractivity contribution is 5.09. The van der Waals surface area contributed by atoms with Gasteiger partial charge in [0.25, 0.3) is 0 Å². The molecule has 1 nitrogen and oxygen atoms in total. The van der Waals surface area contributed by atoms with Crippen molar-refractivity contribution in [3.63, 3.8) is 0 Å². The highest BCUT2D eigenvalue weighted by Gasteiger charge is 2.57. The minimum atomic E-state index is 0.810. The summed E-state index contributed by atoms with van der Waals surface area (Å²) >= 11 is 0. The zero-order valence-corrected chi connectivity index (χ0v) is 6.40. The molecule has 0 aromatic rings. The summed E-state index contributed by atoms with van der Waals surface area (Å²) in [6.45, 7) is 2.64. The van der Waals surface area contributed by atoms with Crippen LogP contribution < -0.4 is 5.32 Å². The molecule has 56 valence electrons. The first kappa shape index (κ1) is 5.59. The Hall–Kier alpha value is -0.0400. The zero-order valence-electron chi connectivity index (χ0n) is 6.40. The van der Waals surface area contributed by atoms with Crippen molar-refractivity contribution in [2.24, 2.45) is 17.3 Å². The van der Waals surface area contributed by atoms with E-state index in [0.717, 1.165) is 11.3 Å². The van der Waals surface area contributed by atoms with Gasteiger partial charge >= 0.3 is 0 Å². The van der Waals surface area contributed by atoms with Gasteiger partial charge in [-0.25, -0.2) is 0 Å². The first-order valence-corrected chi connectivity index (χ1v) is 4.61. The van der Waals surface area contributed by atoms with Crippen molar-refractivity contribution in [1.29, 1.82) is 0 Å². The van der Waals surface area contributed by atoms with Gasteiger partial charge in [0.15, 0.2) is 0 Å². The standard InChI is InChI=1S/C9H15N/c1-2-9(3-4-10-6-9)8-5-7(1)8/h7-8,10H,1-6H2. The second-order valence-electron chi connectivity index (χ2n) is 4.43. The SMILES string of the molecule is C1CC2(CCC3CC32)CN1. The molecule has 1 saturated heterocycles. The minimum Gasteiger partial charge on any atom is -0.316 e. The van der Waals surface area contributed by atoms with Crippen molar-refractivity contribution in [2.75, 3.05) is 13.1 Å². The lowest BCUT2D eigenvalue weighted by atomic mass is 9.82. The maximum Gasteiger partial charge on any atom is 0.00111 e. The monoisotopic (exact) mass is 137 g/mol. The Labute approximate surface area is 62.2 Å². The van der Waals surface area contributed by atoms with Gasteiger partial charge < -0.3 is 5.32 Å². The van der Waals surface area contributed by atoms with E-state index in [1.54, 1.807) is 12.8 Å². The predicted molar refractivity (Wildman–Crippen MR) is 40.8 cm³/mol. The van der Waals surface area contributed by atoms with E-state index < -0.39 is 0 Å². The van der Waals surface area contributed by atoms with Crippen molar-refractivity contribution in [3.05, 3.63) is 0 Å². The fourth-order valence-corrected chi connectivity index (χ4v) is 3.27. The van der Waals surface area contributed by atoms with Gasteiger partial charge in [0, 0.05) is 6.54 Å². The first-order chi connectivity index (χ1) is 4.91. The van der Waals surface area contributed by atoms with Crippen molar-refractivity contribution in [3.8, 4) is 0 Å². The molecular formula is C9H15N. The lowest BCUT2D eigenvalue weighted by Gasteiger charge is -2.23. The van der Waals surface area contributed by atoms with E-state index in [1.165, 1.54) is 31.8 Å². The van der Waals surface area contributed by atoms with Gasteiger partial charge in [0.2, 0.25) is 0 Å². The smallest absolute Gasteiger partial charge is 0.00111 e. The van der Waals surface area contributed by atoms with Crippen LogP contribution >= 0.6 is 0 Å². The summed E-state index contributed by atoms with van der Waals surface area (Å²) in [6, 6.07) is 0. The summed E-state index contributed by atoms with van der Waals surface area (Å²) in [5, 5.41) is 3.51. The average Bonchev–Trinajstić information content (AvgIpc) is 2.49. The summed E-state index contributed by atoms with van der Waals surface area (Å²) < 4.78 is 0. The third kappa shape index (κ3) is 0.531. The summed E-state index contributed by atoms with van der Waals surface area (Å²) in [4.78, 5) is 0. The highest BCUT2D eigenvalue weighted by atomic mass is 14.9. The van der Waals surface area contributed by atoms with Gasteiger partial charge in [0.05, 0.1) is 0 Å². The number of nitrogens with one attached hydrogen (secondary N) is 1. The molecule has 0 bridgehead atoms. The van der Waals surface area contributed by atoms with E-state index in [9.17, 15) is 0 Å². The van der Waals surface area contributed by atoms with E-state index in [1.807, 2.05) is 0 Å². The molecule has 1 spiro atoms. The maximum atomic E-state index is 3.51. The average molecular weight is 137 g/mol. The molecule has 10 heavy (non-hydrogen) atoms. The van der Waals surface area contributed by atoms with Gasteiger partial charge in [-0.3, -0.25) is 0 Å². The number of hydrogen-bond acceptors (Lipinski definition) is 1. The fourth-order valence-electron chi connectivity index (χ4n) is 3.27. The summed E-state index contributed by atoms with van der Waals surface area (Å²) in [7, 11) is 0. The predicted octanol–water partition coefficient (Wildman–Crippen LogP) is 1.40. The van der Waals surface area contributed by atoms with Crippen LogP contribution in [-0.4, -0.2) is 13.1 Å². The van der Waals surface area contributed by atoms with Crippen LogP contribution in [0.2, 0.25) is 0 Å². The van der Waals surface area contributed by atoms with E-state index >= 15 is 0 Å². The molecule has 3 unspecified atom stereocenters. The molecule has 1 heteroatoms. The second kappa shape index (κ2) is 1.58. The van der Waals surface area contributed by atoms with Crippen LogP contribution in [0.15, 0.2) is 0 Å². The molecular weight excluding hydrogens is 122 g/mol. The highest BCUT2D eigenvalue weighted by Crippen LogP contribution is 2.64. The van der Waals surface area contributed by atoms with E-state index in [-0.39, 0.29) is 0 Å². The van der Waals surface area contributed by atoms with E-state index in [4.69, 9.17) is 0 Å². The second-order valence-corrected chi connectivity index (χ2v) is 4.43. The van der Waals surface area contributed by atoms with E-state index in [2.05, 4.69) is 5.32 Å². The molecule has 1 aliphatic heterocycles. The molecule has 1 heterocycles. The molecule has 2 aliphatic carbocycles. The van der Waals surface area contributed by atoms with Crippen LogP contribution in [0.3, 0.4) is 0 Å². The molecule has 3 atom stereocenters. The minimum absolute atomic E-state index is 0.810. The fraction of sp³-hybridized carbons (Fsp3) is 1.00. The Balaban J connectivity index is 1.89. The lowest BCUT2D eigenvalue weighted by molar-refractivity contribution is 0.285. The largest absolute Gasteiger partial charge is 0.316 e. The molecule has 2 saturated carbocycles. The normalized spacial score (nSPS) is 57.6. The van der Waals surface area contributed by atoms with Crippen LogP contribution in [0, 0.1) is 17.3 Å². The van der Waals surface area contributed by atoms with Crippen LogP contribution in [-0.2, 0) is 0 Å². The van der Waals surface area contributed by atoms with Crippen molar-refractivity contribution < 1.29 is 0 Å². The summed E-state index contributed by atoms with van der Waals surface area (Å²) in [5.74, 6) is 2.32. The van der Waals surface area contributed by atoms with Crippen LogP contribution in [0.1, 0.15) is 25.7 Å². The Morgan fingerprint density at radius 1 is 1.30 bits per heavy atom. The van der Waals surface area contributed by atoms with Gasteiger partial charge in [-0.2, -0.15) is 0 Å². The molecule has 3 rings (SSSR count). The molecule has 3 aliphatic rings. The van der Waals surface area contributed by atoms with Gasteiger partial charge in [0.1, 0.15) is 0 Å². The van der Waals surface area contributed by atoms with Crippen LogP contribution in [0.5, 0.6) is 0 Å². The van der Waals surface area contributed by atoms with Crippen LogP contribution in [0.25, 0.3) is 0 Å². The van der Waals surface area contributed by atoms with Gasteiger partial charge in [-0.15, -0.1) is 0 Å². The molecule has 1 N–H and O–H groups in total. The third-order valence-electron chi connectivity index (χ3n) is 4.00. The first-order valence-electron chi connectivity index (χ1n) is 4.61. The number of rotatable bonds is 0. The molecule has 3 fully saturated rings. The molecule has 0 amide bonds. The lowest BCUT2D eigenvalue weighted by Crippen LogP contribution is -2.23. The van der Waals surface area contributed by atoms with Crippen LogP contribution in [0.4, 0.5) is 0 Å². The van der Waals surface area contributed by atoms with Gasteiger partial charge in [-0.05, 0) is 49.5 Å². The van der Waals surface area contributed by atoms with Crippen molar-refractivity contribution in [2.45, 2.75) is 25.7 Å². The van der Waals surface area contributed by atoms with Crippen molar-refractivity contribution in [1.82, 2.24) is 5.32 Å². The maximum absolute atomic E-state index is 3.51.